The minimum Gasteiger partial charge on any atom is -0.494 e. The molecule has 0 spiro atoms. The van der Waals surface area contributed by atoms with Gasteiger partial charge in [-0.15, -0.1) is 0 Å². The van der Waals surface area contributed by atoms with Gasteiger partial charge in [-0.2, -0.15) is 4.98 Å². The zero-order chi connectivity index (χ0) is 15.1. The first-order valence-corrected chi connectivity index (χ1v) is 7.08. The lowest BCUT2D eigenvalue weighted by molar-refractivity contribution is -0.155. The van der Waals surface area contributed by atoms with Gasteiger partial charge >= 0.3 is 0 Å². The molecule has 2 aromatic rings. The van der Waals surface area contributed by atoms with Gasteiger partial charge in [0.2, 0.25) is 12.1 Å². The topological polar surface area (TPSA) is 66.6 Å². The Labute approximate surface area is 124 Å². The van der Waals surface area contributed by atoms with Crippen molar-refractivity contribution in [3.63, 3.8) is 0 Å². The van der Waals surface area contributed by atoms with Crippen molar-refractivity contribution in [2.24, 2.45) is 0 Å². The number of hydrogen-bond acceptors (Lipinski definition) is 6. The molecular weight excluding hydrogens is 272 g/mol. The van der Waals surface area contributed by atoms with E-state index >= 15 is 0 Å². The molecule has 1 heterocycles. The molecular formula is C15H20N2O4. The van der Waals surface area contributed by atoms with E-state index in [1.807, 2.05) is 45.0 Å². The van der Waals surface area contributed by atoms with E-state index in [0.29, 0.717) is 31.5 Å². The lowest BCUT2D eigenvalue weighted by Crippen LogP contribution is -2.09. The van der Waals surface area contributed by atoms with Crippen LogP contribution in [0.15, 0.2) is 28.8 Å². The fraction of sp³-hybridized carbons (Fsp3) is 0.467. The van der Waals surface area contributed by atoms with Crippen LogP contribution in [0.5, 0.6) is 5.75 Å². The van der Waals surface area contributed by atoms with Gasteiger partial charge in [-0.1, -0.05) is 17.3 Å². The first kappa shape index (κ1) is 15.5. The van der Waals surface area contributed by atoms with Crippen molar-refractivity contribution in [3.8, 4) is 17.1 Å². The highest BCUT2D eigenvalue weighted by atomic mass is 16.7. The summed E-state index contributed by atoms with van der Waals surface area (Å²) in [6.07, 6.45) is -0.628. The van der Waals surface area contributed by atoms with E-state index in [-0.39, 0.29) is 0 Å². The van der Waals surface area contributed by atoms with Gasteiger partial charge in [-0.25, -0.2) is 0 Å². The van der Waals surface area contributed by atoms with Gasteiger partial charge < -0.3 is 18.7 Å². The molecule has 0 amide bonds. The van der Waals surface area contributed by atoms with Gasteiger partial charge in [0.05, 0.1) is 6.61 Å². The molecule has 0 radical (unpaired) electrons. The van der Waals surface area contributed by atoms with Crippen LogP contribution in [0.1, 0.15) is 33.0 Å². The molecule has 0 fully saturated rings. The van der Waals surface area contributed by atoms with Crippen molar-refractivity contribution >= 4 is 0 Å². The number of rotatable bonds is 8. The Kier molecular flexibility index (Phi) is 5.71. The maximum atomic E-state index is 5.46. The quantitative estimate of drug-likeness (QED) is 0.696. The average Bonchev–Trinajstić information content (AvgIpc) is 2.97. The third-order valence-corrected chi connectivity index (χ3v) is 2.68. The molecule has 114 valence electrons. The second kappa shape index (κ2) is 7.75. The summed E-state index contributed by atoms with van der Waals surface area (Å²) in [5.41, 5.74) is 0.822. The number of hydrogen-bond donors (Lipinski definition) is 0. The van der Waals surface area contributed by atoms with Crippen molar-refractivity contribution in [1.29, 1.82) is 0 Å². The number of benzene rings is 1. The highest BCUT2D eigenvalue weighted by molar-refractivity contribution is 5.56. The molecule has 6 heteroatoms. The minimum atomic E-state index is -0.628. The Morgan fingerprint density at radius 2 is 1.86 bits per heavy atom. The van der Waals surface area contributed by atoms with Crippen LogP contribution in [0.25, 0.3) is 11.4 Å². The normalized spacial score (nSPS) is 11.0. The van der Waals surface area contributed by atoms with Crippen LogP contribution in [0.4, 0.5) is 0 Å². The van der Waals surface area contributed by atoms with Gasteiger partial charge in [0, 0.05) is 18.8 Å². The summed E-state index contributed by atoms with van der Waals surface area (Å²) in [6, 6.07) is 7.54. The maximum absolute atomic E-state index is 5.46. The Morgan fingerprint density at radius 1 is 1.10 bits per heavy atom. The van der Waals surface area contributed by atoms with Crippen molar-refractivity contribution in [2.45, 2.75) is 27.1 Å². The van der Waals surface area contributed by atoms with Crippen LogP contribution >= 0.6 is 0 Å². The zero-order valence-corrected chi connectivity index (χ0v) is 12.5. The molecule has 6 nitrogen and oxygen atoms in total. The average molecular weight is 292 g/mol. The van der Waals surface area contributed by atoms with Crippen LogP contribution in [-0.2, 0) is 9.47 Å². The lowest BCUT2D eigenvalue weighted by Gasteiger charge is -2.11. The van der Waals surface area contributed by atoms with Crippen molar-refractivity contribution < 1.29 is 18.7 Å². The van der Waals surface area contributed by atoms with Crippen molar-refractivity contribution in [2.75, 3.05) is 19.8 Å². The highest BCUT2D eigenvalue weighted by Crippen LogP contribution is 2.24. The van der Waals surface area contributed by atoms with E-state index in [9.17, 15) is 0 Å². The van der Waals surface area contributed by atoms with Gasteiger partial charge in [-0.3, -0.25) is 0 Å². The predicted molar refractivity (Wildman–Crippen MR) is 76.9 cm³/mol. The molecule has 0 atom stereocenters. The van der Waals surface area contributed by atoms with Gasteiger partial charge in [0.25, 0.3) is 5.89 Å². The standard InChI is InChI=1S/C15H20N2O4/c1-4-18-12-9-7-8-11(10-12)13-16-14(21-17-13)15(19-5-2)20-6-3/h7-10,15H,4-6H2,1-3H3. The third-order valence-electron chi connectivity index (χ3n) is 2.68. The second-order valence-electron chi connectivity index (χ2n) is 4.16. The van der Waals surface area contributed by atoms with Crippen LogP contribution in [0.3, 0.4) is 0 Å². The fourth-order valence-corrected chi connectivity index (χ4v) is 1.83. The first-order chi connectivity index (χ1) is 10.3. The van der Waals surface area contributed by atoms with Gasteiger partial charge in [0.1, 0.15) is 5.75 Å². The zero-order valence-electron chi connectivity index (χ0n) is 12.5. The molecule has 21 heavy (non-hydrogen) atoms. The van der Waals surface area contributed by atoms with Gasteiger partial charge in [0.15, 0.2) is 0 Å². The summed E-state index contributed by atoms with van der Waals surface area (Å²) in [5.74, 6) is 1.57. The Balaban J connectivity index is 2.20. The van der Waals surface area contributed by atoms with Gasteiger partial charge in [-0.05, 0) is 32.9 Å². The predicted octanol–water partition coefficient (Wildman–Crippen LogP) is 3.21. The number of aromatic nitrogens is 2. The molecule has 0 bridgehead atoms. The number of ether oxygens (including phenoxy) is 3. The third kappa shape index (κ3) is 4.03. The fourth-order valence-electron chi connectivity index (χ4n) is 1.83. The molecule has 0 saturated heterocycles. The number of nitrogens with zero attached hydrogens (tertiary/aromatic N) is 2. The van der Waals surface area contributed by atoms with Crippen molar-refractivity contribution in [3.05, 3.63) is 30.2 Å². The smallest absolute Gasteiger partial charge is 0.283 e. The molecule has 1 aromatic carbocycles. The molecule has 0 aliphatic rings. The molecule has 0 unspecified atom stereocenters. The van der Waals surface area contributed by atoms with Crippen LogP contribution < -0.4 is 4.74 Å². The molecule has 0 N–H and O–H groups in total. The Bertz CT molecular complexity index is 550. The molecule has 2 rings (SSSR count). The van der Waals surface area contributed by atoms with E-state index in [1.165, 1.54) is 0 Å². The van der Waals surface area contributed by atoms with Crippen molar-refractivity contribution in [1.82, 2.24) is 10.1 Å². The van der Waals surface area contributed by atoms with E-state index in [4.69, 9.17) is 18.7 Å². The summed E-state index contributed by atoms with van der Waals surface area (Å²) >= 11 is 0. The minimum absolute atomic E-state index is 0.315. The molecule has 0 aliphatic heterocycles. The summed E-state index contributed by atoms with van der Waals surface area (Å²) in [5, 5.41) is 3.97. The van der Waals surface area contributed by atoms with Crippen LogP contribution in [-0.4, -0.2) is 30.0 Å². The molecule has 0 aliphatic carbocycles. The SMILES string of the molecule is CCOc1cccc(-c2noc(C(OCC)OCC)n2)c1. The highest BCUT2D eigenvalue weighted by Gasteiger charge is 2.20. The maximum Gasteiger partial charge on any atom is 0.283 e. The second-order valence-corrected chi connectivity index (χ2v) is 4.16. The summed E-state index contributed by atoms with van der Waals surface area (Å²) in [4.78, 5) is 4.34. The molecule has 0 saturated carbocycles. The van der Waals surface area contributed by atoms with Crippen LogP contribution in [0, 0.1) is 0 Å². The lowest BCUT2D eigenvalue weighted by atomic mass is 10.2. The Morgan fingerprint density at radius 3 is 2.52 bits per heavy atom. The van der Waals surface area contributed by atoms with Crippen LogP contribution in [0.2, 0.25) is 0 Å². The monoisotopic (exact) mass is 292 g/mol. The summed E-state index contributed by atoms with van der Waals surface area (Å²) in [7, 11) is 0. The summed E-state index contributed by atoms with van der Waals surface area (Å²) < 4.78 is 21.6. The van der Waals surface area contributed by atoms with E-state index in [0.717, 1.165) is 11.3 Å². The van der Waals surface area contributed by atoms with E-state index in [1.54, 1.807) is 0 Å². The van der Waals surface area contributed by atoms with E-state index < -0.39 is 6.29 Å². The van der Waals surface area contributed by atoms with E-state index in [2.05, 4.69) is 10.1 Å². The molecule has 1 aromatic heterocycles. The first-order valence-electron chi connectivity index (χ1n) is 7.08. The Hall–Kier alpha value is -1.92. The largest absolute Gasteiger partial charge is 0.494 e. The summed E-state index contributed by atoms with van der Waals surface area (Å²) in [6.45, 7) is 7.32.